The number of carbonyl (C=O) groups is 1. The second-order valence-electron chi connectivity index (χ2n) is 6.63. The molecule has 2 heterocycles. The Hall–Kier alpha value is -0.620. The van der Waals surface area contributed by atoms with Crippen molar-refractivity contribution in [3.63, 3.8) is 0 Å². The molecule has 5 nitrogen and oxygen atoms in total. The van der Waals surface area contributed by atoms with Crippen LogP contribution >= 0.6 is 0 Å². The molecule has 0 aromatic rings. The first kappa shape index (κ1) is 14.3. The van der Waals surface area contributed by atoms with E-state index >= 15 is 0 Å². The summed E-state index contributed by atoms with van der Waals surface area (Å²) in [5.74, 6) is 0.549. The van der Waals surface area contributed by atoms with Crippen LogP contribution in [0.25, 0.3) is 0 Å². The summed E-state index contributed by atoms with van der Waals surface area (Å²) in [5.41, 5.74) is 0. The topological polar surface area (TPSA) is 57.7 Å². The summed E-state index contributed by atoms with van der Waals surface area (Å²) >= 11 is 0. The van der Waals surface area contributed by atoms with Crippen molar-refractivity contribution in [2.75, 3.05) is 31.1 Å². The predicted octanol–water partition coefficient (Wildman–Crippen LogP) is 0.506. The van der Waals surface area contributed by atoms with E-state index in [1.165, 1.54) is 12.8 Å². The van der Waals surface area contributed by atoms with E-state index in [9.17, 15) is 13.2 Å². The van der Waals surface area contributed by atoms with Crippen LogP contribution < -0.4 is 0 Å². The Morgan fingerprint density at radius 2 is 1.90 bits per heavy atom. The van der Waals surface area contributed by atoms with Crippen LogP contribution in [0.2, 0.25) is 0 Å². The second-order valence-corrected chi connectivity index (χ2v) is 8.86. The Balaban J connectivity index is 1.69. The van der Waals surface area contributed by atoms with Crippen LogP contribution in [0, 0.1) is 5.92 Å². The SMILES string of the molecule is CC1CN(C(=O)C2CCCN2C2CC2)CCS(=O)(=O)C1. The zero-order valence-corrected chi connectivity index (χ0v) is 12.9. The Morgan fingerprint density at radius 1 is 1.15 bits per heavy atom. The third-order valence-electron chi connectivity index (χ3n) is 4.65. The second kappa shape index (κ2) is 5.30. The quantitative estimate of drug-likeness (QED) is 0.745. The summed E-state index contributed by atoms with van der Waals surface area (Å²) in [5, 5.41) is 0. The van der Waals surface area contributed by atoms with Gasteiger partial charge in [0, 0.05) is 19.1 Å². The minimum absolute atomic E-state index is 0.00973. The molecule has 2 saturated heterocycles. The van der Waals surface area contributed by atoms with Crippen LogP contribution in [0.15, 0.2) is 0 Å². The van der Waals surface area contributed by atoms with E-state index in [-0.39, 0.29) is 29.4 Å². The van der Waals surface area contributed by atoms with Gasteiger partial charge in [0.05, 0.1) is 17.5 Å². The normalized spacial score (nSPS) is 35.0. The molecule has 2 aliphatic heterocycles. The van der Waals surface area contributed by atoms with E-state index in [1.54, 1.807) is 4.90 Å². The molecule has 3 fully saturated rings. The van der Waals surface area contributed by atoms with Gasteiger partial charge in [0.25, 0.3) is 0 Å². The summed E-state index contributed by atoms with van der Waals surface area (Å²) in [4.78, 5) is 16.9. The zero-order valence-electron chi connectivity index (χ0n) is 12.1. The monoisotopic (exact) mass is 300 g/mol. The number of sulfone groups is 1. The minimum atomic E-state index is -2.98. The van der Waals surface area contributed by atoms with E-state index in [0.717, 1.165) is 19.4 Å². The Morgan fingerprint density at radius 3 is 2.60 bits per heavy atom. The smallest absolute Gasteiger partial charge is 0.239 e. The first-order valence-corrected chi connectivity index (χ1v) is 9.53. The first-order chi connectivity index (χ1) is 9.46. The van der Waals surface area contributed by atoms with Gasteiger partial charge in [-0.05, 0) is 38.1 Å². The third kappa shape index (κ3) is 3.01. The van der Waals surface area contributed by atoms with E-state index in [1.807, 2.05) is 6.92 Å². The molecule has 0 N–H and O–H groups in total. The lowest BCUT2D eigenvalue weighted by atomic mass is 10.1. The van der Waals surface area contributed by atoms with Crippen LogP contribution in [-0.4, -0.2) is 67.3 Å². The van der Waals surface area contributed by atoms with Crippen molar-refractivity contribution in [3.8, 4) is 0 Å². The molecule has 0 bridgehead atoms. The highest BCUT2D eigenvalue weighted by Crippen LogP contribution is 2.34. The van der Waals surface area contributed by atoms with Gasteiger partial charge in [0.1, 0.15) is 0 Å². The molecule has 114 valence electrons. The fraction of sp³-hybridized carbons (Fsp3) is 0.929. The molecule has 2 unspecified atom stereocenters. The standard InChI is InChI=1S/C14H24N2O3S/c1-11-9-15(7-8-20(18,19)10-11)14(17)13-3-2-6-16(13)12-4-5-12/h11-13H,2-10H2,1H3. The van der Waals surface area contributed by atoms with Crippen molar-refractivity contribution >= 4 is 15.7 Å². The van der Waals surface area contributed by atoms with E-state index in [0.29, 0.717) is 19.1 Å². The molecule has 0 spiro atoms. The molecule has 0 aromatic carbocycles. The number of hydrogen-bond donors (Lipinski definition) is 0. The van der Waals surface area contributed by atoms with Crippen molar-refractivity contribution < 1.29 is 13.2 Å². The number of hydrogen-bond acceptors (Lipinski definition) is 4. The van der Waals surface area contributed by atoms with Crippen molar-refractivity contribution in [1.29, 1.82) is 0 Å². The molecule has 1 aliphatic carbocycles. The molecule has 1 saturated carbocycles. The van der Waals surface area contributed by atoms with Gasteiger partial charge in [-0.3, -0.25) is 9.69 Å². The van der Waals surface area contributed by atoms with Crippen molar-refractivity contribution in [2.45, 2.75) is 44.7 Å². The number of likely N-dealkylation sites (tertiary alicyclic amines) is 1. The van der Waals surface area contributed by atoms with Gasteiger partial charge in [-0.15, -0.1) is 0 Å². The molecule has 3 aliphatic rings. The van der Waals surface area contributed by atoms with Gasteiger partial charge >= 0.3 is 0 Å². The summed E-state index contributed by atoms with van der Waals surface area (Å²) in [6, 6.07) is 0.620. The highest BCUT2D eigenvalue weighted by molar-refractivity contribution is 7.91. The van der Waals surface area contributed by atoms with E-state index in [2.05, 4.69) is 4.90 Å². The fourth-order valence-corrected chi connectivity index (χ4v) is 5.23. The van der Waals surface area contributed by atoms with Crippen molar-refractivity contribution in [1.82, 2.24) is 9.80 Å². The van der Waals surface area contributed by atoms with Crippen molar-refractivity contribution in [2.24, 2.45) is 5.92 Å². The maximum atomic E-state index is 12.7. The maximum Gasteiger partial charge on any atom is 0.239 e. The van der Waals surface area contributed by atoms with Crippen LogP contribution in [0.3, 0.4) is 0 Å². The number of nitrogens with zero attached hydrogens (tertiary/aromatic N) is 2. The summed E-state index contributed by atoms with van der Waals surface area (Å²) in [6.45, 7) is 3.92. The molecular formula is C14H24N2O3S. The molecular weight excluding hydrogens is 276 g/mol. The van der Waals surface area contributed by atoms with Gasteiger partial charge in [0.15, 0.2) is 9.84 Å². The Labute approximate surface area is 121 Å². The third-order valence-corrected chi connectivity index (χ3v) is 6.53. The van der Waals surface area contributed by atoms with Gasteiger partial charge in [-0.2, -0.15) is 0 Å². The Kier molecular flexibility index (Phi) is 3.79. The van der Waals surface area contributed by atoms with Gasteiger partial charge in [-0.25, -0.2) is 8.42 Å². The van der Waals surface area contributed by atoms with E-state index in [4.69, 9.17) is 0 Å². The lowest BCUT2D eigenvalue weighted by molar-refractivity contribution is -0.136. The van der Waals surface area contributed by atoms with E-state index < -0.39 is 9.84 Å². The van der Waals surface area contributed by atoms with Crippen molar-refractivity contribution in [3.05, 3.63) is 0 Å². The highest BCUT2D eigenvalue weighted by atomic mass is 32.2. The van der Waals surface area contributed by atoms with Gasteiger partial charge in [0.2, 0.25) is 5.91 Å². The minimum Gasteiger partial charge on any atom is -0.340 e. The van der Waals surface area contributed by atoms with Crippen LogP contribution in [0.4, 0.5) is 0 Å². The summed E-state index contributed by atoms with van der Waals surface area (Å²) in [7, 11) is -2.98. The molecule has 6 heteroatoms. The molecule has 0 aromatic heterocycles. The predicted molar refractivity (Wildman–Crippen MR) is 77.1 cm³/mol. The average molecular weight is 300 g/mol. The lowest BCUT2D eigenvalue weighted by Gasteiger charge is -2.30. The first-order valence-electron chi connectivity index (χ1n) is 7.71. The summed E-state index contributed by atoms with van der Waals surface area (Å²) in [6.07, 6.45) is 4.46. The average Bonchev–Trinajstić information content (AvgIpc) is 3.12. The zero-order chi connectivity index (χ0) is 14.3. The largest absolute Gasteiger partial charge is 0.340 e. The molecule has 2 atom stereocenters. The number of rotatable bonds is 2. The van der Waals surface area contributed by atoms with Gasteiger partial charge < -0.3 is 4.90 Å². The number of carbonyl (C=O) groups excluding carboxylic acids is 1. The molecule has 20 heavy (non-hydrogen) atoms. The van der Waals surface area contributed by atoms with Crippen LogP contribution in [-0.2, 0) is 14.6 Å². The summed E-state index contributed by atoms with van der Waals surface area (Å²) < 4.78 is 23.6. The maximum absolute atomic E-state index is 12.7. The molecule has 3 rings (SSSR count). The number of amides is 1. The lowest BCUT2D eigenvalue weighted by Crippen LogP contribution is -2.48. The van der Waals surface area contributed by atoms with Crippen LogP contribution in [0.5, 0.6) is 0 Å². The Bertz CT molecular complexity index is 487. The van der Waals surface area contributed by atoms with Crippen LogP contribution in [0.1, 0.15) is 32.6 Å². The fourth-order valence-electron chi connectivity index (χ4n) is 3.59. The van der Waals surface area contributed by atoms with Gasteiger partial charge in [-0.1, -0.05) is 6.92 Å². The molecule has 0 radical (unpaired) electrons. The molecule has 1 amide bonds. The highest BCUT2D eigenvalue weighted by Gasteiger charge is 2.42.